The van der Waals surface area contributed by atoms with Crippen LogP contribution in [-0.4, -0.2) is 33.0 Å². The fraction of sp³-hybridized carbons (Fsp3) is 0.462. The quantitative estimate of drug-likeness (QED) is 0.855. The van der Waals surface area contributed by atoms with E-state index in [4.69, 9.17) is 5.11 Å². The fourth-order valence-corrected chi connectivity index (χ4v) is 2.82. The Bertz CT molecular complexity index is 673. The molecular weight excluding hydrogens is 278 g/mol. The van der Waals surface area contributed by atoms with Crippen LogP contribution in [0.1, 0.15) is 36.3 Å². The van der Waals surface area contributed by atoms with Gasteiger partial charge in [0.05, 0.1) is 12.6 Å². The highest BCUT2D eigenvalue weighted by Gasteiger charge is 2.17. The van der Waals surface area contributed by atoms with Crippen LogP contribution >= 0.6 is 11.3 Å². The van der Waals surface area contributed by atoms with Crippen LogP contribution in [0.5, 0.6) is 0 Å². The van der Waals surface area contributed by atoms with E-state index in [1.807, 2.05) is 19.2 Å². The second-order valence-corrected chi connectivity index (χ2v) is 5.27. The normalized spacial score (nSPS) is 12.6. The number of amides is 1. The summed E-state index contributed by atoms with van der Waals surface area (Å²) in [5.41, 5.74) is 0.479. The third-order valence-corrected chi connectivity index (χ3v) is 4.06. The predicted molar refractivity (Wildman–Crippen MR) is 77.3 cm³/mol. The van der Waals surface area contributed by atoms with Gasteiger partial charge < -0.3 is 10.4 Å². The summed E-state index contributed by atoms with van der Waals surface area (Å²) in [6.07, 6.45) is 2.59. The van der Waals surface area contributed by atoms with Crippen LogP contribution in [0, 0.1) is 0 Å². The predicted octanol–water partition coefficient (Wildman–Crippen LogP) is 0.819. The Morgan fingerprint density at radius 2 is 2.30 bits per heavy atom. The summed E-state index contributed by atoms with van der Waals surface area (Å²) >= 11 is 1.38. The van der Waals surface area contributed by atoms with Crippen molar-refractivity contribution in [3.05, 3.63) is 33.2 Å². The first-order valence-electron chi connectivity index (χ1n) is 6.52. The number of nitrogens with one attached hydrogen (secondary N) is 1. The van der Waals surface area contributed by atoms with Crippen LogP contribution in [0.2, 0.25) is 0 Å². The molecule has 0 radical (unpaired) electrons. The van der Waals surface area contributed by atoms with Crippen molar-refractivity contribution < 1.29 is 9.90 Å². The van der Waals surface area contributed by atoms with Crippen molar-refractivity contribution in [2.24, 2.45) is 0 Å². The number of hydrogen-bond donors (Lipinski definition) is 2. The van der Waals surface area contributed by atoms with Crippen molar-refractivity contribution in [2.45, 2.75) is 32.7 Å². The molecule has 1 amide bonds. The molecule has 20 heavy (non-hydrogen) atoms. The van der Waals surface area contributed by atoms with E-state index in [1.165, 1.54) is 21.9 Å². The standard InChI is InChI=1S/C13H17N3O3S/c1-3-8(6-17)15-11(18)10-5-14-13-16(12(10)19)9(4-2)7-20-13/h5,7-8,17H,3-4,6H2,1-2H3,(H,15,18). The third kappa shape index (κ3) is 2.59. The minimum atomic E-state index is -0.494. The number of hydrogen-bond acceptors (Lipinski definition) is 5. The molecule has 2 aromatic rings. The van der Waals surface area contributed by atoms with Gasteiger partial charge in [0.15, 0.2) is 4.96 Å². The molecule has 0 aliphatic carbocycles. The molecule has 0 saturated carbocycles. The van der Waals surface area contributed by atoms with Gasteiger partial charge in [-0.3, -0.25) is 14.0 Å². The Kier molecular flexibility index (Phi) is 4.51. The Morgan fingerprint density at radius 3 is 2.90 bits per heavy atom. The Labute approximate surface area is 120 Å². The summed E-state index contributed by atoms with van der Waals surface area (Å²) < 4.78 is 1.47. The van der Waals surface area contributed by atoms with Crippen molar-refractivity contribution in [1.29, 1.82) is 0 Å². The number of fused-ring (bicyclic) bond motifs is 1. The average Bonchev–Trinajstić information content (AvgIpc) is 2.88. The molecule has 0 aromatic carbocycles. The second kappa shape index (κ2) is 6.15. The molecule has 0 fully saturated rings. The lowest BCUT2D eigenvalue weighted by atomic mass is 10.2. The highest BCUT2D eigenvalue weighted by molar-refractivity contribution is 7.15. The summed E-state index contributed by atoms with van der Waals surface area (Å²) in [7, 11) is 0. The van der Waals surface area contributed by atoms with E-state index in [0.29, 0.717) is 17.8 Å². The van der Waals surface area contributed by atoms with E-state index in [-0.39, 0.29) is 23.8 Å². The first-order valence-corrected chi connectivity index (χ1v) is 7.40. The highest BCUT2D eigenvalue weighted by Crippen LogP contribution is 2.12. The van der Waals surface area contributed by atoms with Crippen molar-refractivity contribution in [1.82, 2.24) is 14.7 Å². The van der Waals surface area contributed by atoms with Gasteiger partial charge in [0.1, 0.15) is 5.56 Å². The minimum absolute atomic E-state index is 0.00231. The Hall–Kier alpha value is -1.73. The molecule has 0 saturated heterocycles. The highest BCUT2D eigenvalue weighted by atomic mass is 32.1. The zero-order chi connectivity index (χ0) is 14.7. The third-order valence-electron chi connectivity index (χ3n) is 3.17. The number of aromatic nitrogens is 2. The zero-order valence-corrected chi connectivity index (χ0v) is 12.2. The van der Waals surface area contributed by atoms with Gasteiger partial charge in [-0.05, 0) is 12.8 Å². The largest absolute Gasteiger partial charge is 0.394 e. The molecule has 0 spiro atoms. The van der Waals surface area contributed by atoms with Crippen molar-refractivity contribution in [3.63, 3.8) is 0 Å². The first-order chi connectivity index (χ1) is 9.62. The number of carbonyl (C=O) groups excluding carboxylic acids is 1. The van der Waals surface area contributed by atoms with Crippen LogP contribution in [0.15, 0.2) is 16.4 Å². The van der Waals surface area contributed by atoms with E-state index in [2.05, 4.69) is 10.3 Å². The monoisotopic (exact) mass is 295 g/mol. The first kappa shape index (κ1) is 14.7. The Morgan fingerprint density at radius 1 is 1.55 bits per heavy atom. The SMILES string of the molecule is CCc1csc2ncc(C(=O)NC(CC)CO)c(=O)n12. The number of aliphatic hydroxyl groups excluding tert-OH is 1. The number of rotatable bonds is 5. The maximum Gasteiger partial charge on any atom is 0.271 e. The van der Waals surface area contributed by atoms with Gasteiger partial charge in [0.2, 0.25) is 0 Å². The van der Waals surface area contributed by atoms with Gasteiger partial charge >= 0.3 is 0 Å². The molecule has 1 unspecified atom stereocenters. The number of thiazole rings is 1. The molecular formula is C13H17N3O3S. The van der Waals surface area contributed by atoms with E-state index in [9.17, 15) is 9.59 Å². The Balaban J connectivity index is 2.42. The maximum absolute atomic E-state index is 12.4. The molecule has 0 bridgehead atoms. The lowest BCUT2D eigenvalue weighted by Crippen LogP contribution is -2.40. The van der Waals surface area contributed by atoms with Crippen LogP contribution in [-0.2, 0) is 6.42 Å². The second-order valence-electron chi connectivity index (χ2n) is 4.44. The summed E-state index contributed by atoms with van der Waals surface area (Å²) in [4.78, 5) is 29.2. The van der Waals surface area contributed by atoms with E-state index >= 15 is 0 Å². The van der Waals surface area contributed by atoms with E-state index in [0.717, 1.165) is 5.69 Å². The van der Waals surface area contributed by atoms with Gasteiger partial charge in [-0.1, -0.05) is 13.8 Å². The van der Waals surface area contributed by atoms with Crippen molar-refractivity contribution >= 4 is 22.2 Å². The summed E-state index contributed by atoms with van der Waals surface area (Å²) in [6.45, 7) is 3.64. The molecule has 1 atom stereocenters. The lowest BCUT2D eigenvalue weighted by molar-refractivity contribution is 0.0913. The topological polar surface area (TPSA) is 83.7 Å². The van der Waals surface area contributed by atoms with Gasteiger partial charge in [0, 0.05) is 17.3 Å². The molecule has 6 nitrogen and oxygen atoms in total. The molecule has 7 heteroatoms. The fourth-order valence-electron chi connectivity index (χ4n) is 1.89. The van der Waals surface area contributed by atoms with Crippen LogP contribution in [0.4, 0.5) is 0 Å². The number of aliphatic hydroxyl groups is 1. The lowest BCUT2D eigenvalue weighted by Gasteiger charge is -2.13. The van der Waals surface area contributed by atoms with Gasteiger partial charge in [-0.15, -0.1) is 11.3 Å². The van der Waals surface area contributed by atoms with Gasteiger partial charge in [0.25, 0.3) is 11.5 Å². The smallest absolute Gasteiger partial charge is 0.271 e. The van der Waals surface area contributed by atoms with Crippen LogP contribution in [0.3, 0.4) is 0 Å². The van der Waals surface area contributed by atoms with Crippen molar-refractivity contribution in [3.8, 4) is 0 Å². The van der Waals surface area contributed by atoms with Crippen LogP contribution in [0.25, 0.3) is 4.96 Å². The molecule has 2 heterocycles. The molecule has 2 N–H and O–H groups in total. The molecule has 2 aromatic heterocycles. The molecule has 0 aliphatic heterocycles. The number of nitrogens with zero attached hydrogens (tertiary/aromatic N) is 2. The van der Waals surface area contributed by atoms with Crippen LogP contribution < -0.4 is 10.9 Å². The molecule has 0 aliphatic rings. The van der Waals surface area contributed by atoms with Crippen molar-refractivity contribution in [2.75, 3.05) is 6.61 Å². The van der Waals surface area contributed by atoms with Gasteiger partial charge in [-0.25, -0.2) is 4.98 Å². The summed E-state index contributed by atoms with van der Waals surface area (Å²) in [5, 5.41) is 13.6. The minimum Gasteiger partial charge on any atom is -0.394 e. The van der Waals surface area contributed by atoms with Gasteiger partial charge in [-0.2, -0.15) is 0 Å². The molecule has 2 rings (SSSR count). The van der Waals surface area contributed by atoms with E-state index < -0.39 is 5.91 Å². The number of aryl methyl sites for hydroxylation is 1. The molecule has 108 valence electrons. The average molecular weight is 295 g/mol. The van der Waals surface area contributed by atoms with E-state index in [1.54, 1.807) is 0 Å². The summed E-state index contributed by atoms with van der Waals surface area (Å²) in [6, 6.07) is -0.351. The zero-order valence-electron chi connectivity index (χ0n) is 11.4. The summed E-state index contributed by atoms with van der Waals surface area (Å²) in [5.74, 6) is -0.494. The maximum atomic E-state index is 12.4. The number of carbonyl (C=O) groups is 1.